The Morgan fingerprint density at radius 2 is 1.44 bits per heavy atom. The van der Waals surface area contributed by atoms with Gasteiger partial charge in [-0.05, 0) is 35.4 Å². The maximum absolute atomic E-state index is 13.9. The lowest BCUT2D eigenvalue weighted by Gasteiger charge is -2.15. The summed E-state index contributed by atoms with van der Waals surface area (Å²) in [6.45, 7) is 0.712. The van der Waals surface area contributed by atoms with E-state index >= 15 is 0 Å². The zero-order valence-electron chi connectivity index (χ0n) is 15.1. The van der Waals surface area contributed by atoms with Gasteiger partial charge >= 0.3 is 6.03 Å². The van der Waals surface area contributed by atoms with Crippen molar-refractivity contribution in [1.29, 1.82) is 0 Å². The van der Waals surface area contributed by atoms with E-state index in [4.69, 9.17) is 0 Å². The number of nitrogens with zero attached hydrogens (tertiary/aromatic N) is 2. The highest BCUT2D eigenvalue weighted by molar-refractivity contribution is 5.73. The van der Waals surface area contributed by atoms with Crippen LogP contribution in [0.4, 0.5) is 20.6 Å². The van der Waals surface area contributed by atoms with Crippen LogP contribution in [0.1, 0.15) is 11.1 Å². The fourth-order valence-corrected chi connectivity index (χ4v) is 2.36. The third kappa shape index (κ3) is 5.38. The summed E-state index contributed by atoms with van der Waals surface area (Å²) in [5.41, 5.74) is 3.36. The van der Waals surface area contributed by atoms with Crippen molar-refractivity contribution in [1.82, 2.24) is 10.6 Å². The molecule has 25 heavy (non-hydrogen) atoms. The number of urea groups is 1. The Hall–Kier alpha value is -2.76. The molecular formula is C19H25FN4O. The van der Waals surface area contributed by atoms with Gasteiger partial charge < -0.3 is 20.4 Å². The second-order valence-corrected chi connectivity index (χ2v) is 6.28. The molecule has 2 amide bonds. The van der Waals surface area contributed by atoms with Crippen molar-refractivity contribution in [3.63, 3.8) is 0 Å². The lowest BCUT2D eigenvalue weighted by Crippen LogP contribution is -2.34. The van der Waals surface area contributed by atoms with Gasteiger partial charge in [-0.3, -0.25) is 0 Å². The SMILES string of the molecule is CN(C)c1ccc(CNC(=O)NCc2ccc(N(C)C)c(F)c2)cc1. The maximum Gasteiger partial charge on any atom is 0.315 e. The highest BCUT2D eigenvalue weighted by Gasteiger charge is 2.06. The fraction of sp³-hybridized carbons (Fsp3) is 0.316. The molecule has 2 N–H and O–H groups in total. The van der Waals surface area contributed by atoms with Gasteiger partial charge in [0, 0.05) is 47.0 Å². The number of halogens is 1. The number of carbonyl (C=O) groups excluding carboxylic acids is 1. The second-order valence-electron chi connectivity index (χ2n) is 6.28. The van der Waals surface area contributed by atoms with E-state index in [0.717, 1.165) is 11.3 Å². The van der Waals surface area contributed by atoms with Crippen LogP contribution in [-0.4, -0.2) is 34.2 Å². The summed E-state index contributed by atoms with van der Waals surface area (Å²) in [6.07, 6.45) is 0. The normalized spacial score (nSPS) is 10.3. The number of rotatable bonds is 6. The Morgan fingerprint density at radius 1 is 0.880 bits per heavy atom. The summed E-state index contributed by atoms with van der Waals surface area (Å²) in [7, 11) is 7.53. The summed E-state index contributed by atoms with van der Waals surface area (Å²) in [5.74, 6) is -0.300. The largest absolute Gasteiger partial charge is 0.378 e. The molecule has 0 saturated heterocycles. The molecule has 0 saturated carbocycles. The summed E-state index contributed by atoms with van der Waals surface area (Å²) >= 11 is 0. The maximum atomic E-state index is 13.9. The quantitative estimate of drug-likeness (QED) is 0.847. The first-order valence-corrected chi connectivity index (χ1v) is 8.10. The van der Waals surface area contributed by atoms with Crippen LogP contribution in [-0.2, 0) is 13.1 Å². The summed E-state index contributed by atoms with van der Waals surface area (Å²) < 4.78 is 13.9. The molecule has 6 heteroatoms. The van der Waals surface area contributed by atoms with E-state index in [1.165, 1.54) is 6.07 Å². The number of nitrogens with one attached hydrogen (secondary N) is 2. The van der Waals surface area contributed by atoms with Crippen molar-refractivity contribution in [2.75, 3.05) is 38.0 Å². The van der Waals surface area contributed by atoms with Crippen molar-refractivity contribution < 1.29 is 9.18 Å². The van der Waals surface area contributed by atoms with Crippen molar-refractivity contribution in [2.45, 2.75) is 13.1 Å². The summed E-state index contributed by atoms with van der Waals surface area (Å²) in [5, 5.41) is 5.53. The molecule has 0 atom stereocenters. The van der Waals surface area contributed by atoms with Gasteiger partial charge in [0.25, 0.3) is 0 Å². The number of carbonyl (C=O) groups is 1. The molecule has 2 rings (SSSR count). The minimum atomic E-state index is -0.300. The predicted molar refractivity (Wildman–Crippen MR) is 101 cm³/mol. The average Bonchev–Trinajstić information content (AvgIpc) is 2.58. The third-order valence-electron chi connectivity index (χ3n) is 3.85. The minimum Gasteiger partial charge on any atom is -0.378 e. The fourth-order valence-electron chi connectivity index (χ4n) is 2.36. The zero-order valence-corrected chi connectivity index (χ0v) is 15.1. The van der Waals surface area contributed by atoms with Gasteiger partial charge in [-0.15, -0.1) is 0 Å². The van der Waals surface area contributed by atoms with E-state index in [1.807, 2.05) is 43.3 Å². The van der Waals surface area contributed by atoms with E-state index in [9.17, 15) is 9.18 Å². The van der Waals surface area contributed by atoms with Crippen LogP contribution in [0.25, 0.3) is 0 Å². The molecule has 0 spiro atoms. The molecule has 0 aliphatic heterocycles. The standard InChI is InChI=1S/C19H25FN4O/c1-23(2)16-8-5-14(6-9-16)12-21-19(25)22-13-15-7-10-18(24(3)4)17(20)11-15/h5-11H,12-13H2,1-4H3,(H2,21,22,25). The third-order valence-corrected chi connectivity index (χ3v) is 3.85. The van der Waals surface area contributed by atoms with Crippen LogP contribution in [0.15, 0.2) is 42.5 Å². The monoisotopic (exact) mass is 344 g/mol. The van der Waals surface area contributed by atoms with Gasteiger partial charge in [-0.2, -0.15) is 0 Å². The van der Waals surface area contributed by atoms with E-state index in [1.54, 1.807) is 31.1 Å². The molecule has 0 fully saturated rings. The number of hydrogen-bond acceptors (Lipinski definition) is 3. The van der Waals surface area contributed by atoms with Gasteiger partial charge in [-0.1, -0.05) is 18.2 Å². The summed E-state index contributed by atoms with van der Waals surface area (Å²) in [6, 6.07) is 12.6. The van der Waals surface area contributed by atoms with E-state index in [-0.39, 0.29) is 18.4 Å². The Bertz CT molecular complexity index is 714. The molecule has 2 aromatic carbocycles. The molecular weight excluding hydrogens is 319 g/mol. The number of anilines is 2. The lowest BCUT2D eigenvalue weighted by atomic mass is 10.2. The number of hydrogen-bond donors (Lipinski definition) is 2. The molecule has 0 bridgehead atoms. The van der Waals surface area contributed by atoms with Crippen LogP contribution < -0.4 is 20.4 Å². The topological polar surface area (TPSA) is 47.6 Å². The number of benzene rings is 2. The Morgan fingerprint density at radius 3 is 1.96 bits per heavy atom. The highest BCUT2D eigenvalue weighted by atomic mass is 19.1. The second kappa shape index (κ2) is 8.37. The van der Waals surface area contributed by atoms with Crippen LogP contribution in [0, 0.1) is 5.82 Å². The van der Waals surface area contributed by atoms with Crippen molar-refractivity contribution in [3.05, 3.63) is 59.4 Å². The Labute approximate surface area is 148 Å². The van der Waals surface area contributed by atoms with Crippen LogP contribution >= 0.6 is 0 Å². The van der Waals surface area contributed by atoms with Crippen LogP contribution in [0.2, 0.25) is 0 Å². The summed E-state index contributed by atoms with van der Waals surface area (Å²) in [4.78, 5) is 15.6. The first-order valence-electron chi connectivity index (χ1n) is 8.10. The molecule has 0 aromatic heterocycles. The molecule has 0 aliphatic carbocycles. The minimum absolute atomic E-state index is 0.274. The Balaban J connectivity index is 1.81. The van der Waals surface area contributed by atoms with Gasteiger partial charge in [0.15, 0.2) is 0 Å². The van der Waals surface area contributed by atoms with Gasteiger partial charge in [0.1, 0.15) is 5.82 Å². The lowest BCUT2D eigenvalue weighted by molar-refractivity contribution is 0.240. The first-order chi connectivity index (χ1) is 11.9. The number of amides is 2. The molecule has 0 aliphatic rings. The molecule has 2 aromatic rings. The highest BCUT2D eigenvalue weighted by Crippen LogP contribution is 2.18. The van der Waals surface area contributed by atoms with Gasteiger partial charge in [-0.25, -0.2) is 9.18 Å². The van der Waals surface area contributed by atoms with E-state index in [0.29, 0.717) is 17.8 Å². The van der Waals surface area contributed by atoms with Gasteiger partial charge in [0.05, 0.1) is 5.69 Å². The van der Waals surface area contributed by atoms with Crippen molar-refractivity contribution in [2.24, 2.45) is 0 Å². The average molecular weight is 344 g/mol. The molecule has 0 unspecified atom stereocenters. The van der Waals surface area contributed by atoms with Gasteiger partial charge in [0.2, 0.25) is 0 Å². The molecule has 0 radical (unpaired) electrons. The van der Waals surface area contributed by atoms with Crippen molar-refractivity contribution >= 4 is 17.4 Å². The zero-order chi connectivity index (χ0) is 18.4. The van der Waals surface area contributed by atoms with Crippen LogP contribution in [0.3, 0.4) is 0 Å². The predicted octanol–water partition coefficient (Wildman–Crippen LogP) is 2.96. The molecule has 0 heterocycles. The van der Waals surface area contributed by atoms with Crippen LogP contribution in [0.5, 0.6) is 0 Å². The smallest absolute Gasteiger partial charge is 0.315 e. The van der Waals surface area contributed by atoms with Crippen molar-refractivity contribution in [3.8, 4) is 0 Å². The molecule has 5 nitrogen and oxygen atoms in total. The van der Waals surface area contributed by atoms with E-state index in [2.05, 4.69) is 10.6 Å². The Kier molecular flexibility index (Phi) is 6.22. The first kappa shape index (κ1) is 18.6. The van der Waals surface area contributed by atoms with E-state index < -0.39 is 0 Å². The molecule has 134 valence electrons.